The molecule has 4 heteroatoms. The van der Waals surface area contributed by atoms with Crippen LogP contribution in [0.15, 0.2) is 237 Å². The van der Waals surface area contributed by atoms with Crippen molar-refractivity contribution in [3.8, 4) is 50.6 Å². The number of hydrogen-bond acceptors (Lipinski definition) is 3. The maximum atomic E-state index is 7.00. The van der Waals surface area contributed by atoms with Gasteiger partial charge in [-0.15, -0.1) is 0 Å². The summed E-state index contributed by atoms with van der Waals surface area (Å²) in [6, 6.07) is 83.2. The molecule has 0 aliphatic rings. The van der Waals surface area contributed by atoms with Crippen LogP contribution in [0.2, 0.25) is 0 Å². The molecule has 0 amide bonds. The van der Waals surface area contributed by atoms with Crippen LogP contribution in [-0.2, 0) is 0 Å². The van der Waals surface area contributed by atoms with Gasteiger partial charge >= 0.3 is 8.60 Å². The maximum Gasteiger partial charge on any atom is 0.530 e. The lowest BCUT2D eigenvalue weighted by molar-refractivity contribution is 0.393. The standard InChI is InChI=1S/C60H39O3P/c1-4-13-40(14-5-1)43-25-31-49-46(37-43)28-34-55-52(49)19-10-22-58(55)61-64(62-59-23-11-20-53-50-32-26-44(41-15-6-2-7-16-41)38-47(50)29-35-56(53)59)63-60-24-12-21-54-51-33-27-45(42-17-8-3-9-18-42)39-48(51)30-36-57(54)60/h1-39H. The summed E-state index contributed by atoms with van der Waals surface area (Å²) in [5, 5.41) is 13.2. The molecule has 0 radical (unpaired) electrons. The lowest BCUT2D eigenvalue weighted by atomic mass is 9.97. The van der Waals surface area contributed by atoms with Gasteiger partial charge in [-0.1, -0.05) is 200 Å². The van der Waals surface area contributed by atoms with E-state index < -0.39 is 8.60 Å². The number of rotatable bonds is 9. The van der Waals surface area contributed by atoms with Crippen molar-refractivity contribution in [2.75, 3.05) is 0 Å². The van der Waals surface area contributed by atoms with Crippen molar-refractivity contribution >= 4 is 73.2 Å². The Morgan fingerprint density at radius 2 is 0.500 bits per heavy atom. The first kappa shape index (κ1) is 37.8. The van der Waals surface area contributed by atoms with Gasteiger partial charge in [0.05, 0.1) is 0 Å². The maximum absolute atomic E-state index is 7.00. The Labute approximate surface area is 372 Å². The fraction of sp³-hybridized carbons (Fsp3) is 0. The minimum absolute atomic E-state index is 0.691. The van der Waals surface area contributed by atoms with E-state index in [-0.39, 0.29) is 0 Å². The van der Waals surface area contributed by atoms with Gasteiger partial charge in [-0.3, -0.25) is 0 Å². The minimum Gasteiger partial charge on any atom is -0.408 e. The second kappa shape index (κ2) is 16.1. The van der Waals surface area contributed by atoms with Crippen LogP contribution in [-0.4, -0.2) is 0 Å². The molecule has 0 bridgehead atoms. The average Bonchev–Trinajstić information content (AvgIpc) is 3.36. The molecule has 0 atom stereocenters. The van der Waals surface area contributed by atoms with Crippen molar-refractivity contribution in [2.24, 2.45) is 0 Å². The normalized spacial score (nSPS) is 11.6. The Morgan fingerprint density at radius 1 is 0.203 bits per heavy atom. The smallest absolute Gasteiger partial charge is 0.408 e. The highest BCUT2D eigenvalue weighted by Crippen LogP contribution is 2.49. The SMILES string of the molecule is c1ccc(-c2ccc3c(ccc4c(OP(Oc5cccc6c5ccc5cc(-c7ccccc7)ccc56)Oc5cccc6c5ccc5cc(-c7ccccc7)ccc56)cccc43)c2)cc1. The molecule has 12 rings (SSSR count). The van der Waals surface area contributed by atoms with Gasteiger partial charge in [-0.05, 0) is 118 Å². The monoisotopic (exact) mass is 838 g/mol. The Bertz CT molecular complexity index is 3310. The van der Waals surface area contributed by atoms with Gasteiger partial charge in [-0.25, -0.2) is 0 Å². The van der Waals surface area contributed by atoms with E-state index in [9.17, 15) is 0 Å². The Balaban J connectivity index is 0.949. The quantitative estimate of drug-likeness (QED) is 0.107. The first-order valence-corrected chi connectivity index (χ1v) is 22.7. The summed E-state index contributed by atoms with van der Waals surface area (Å²) >= 11 is 0. The van der Waals surface area contributed by atoms with Crippen molar-refractivity contribution in [3.05, 3.63) is 237 Å². The summed E-state index contributed by atoms with van der Waals surface area (Å²) in [5.74, 6) is 2.07. The fourth-order valence-electron chi connectivity index (χ4n) is 9.18. The zero-order valence-corrected chi connectivity index (χ0v) is 35.6. The molecule has 0 saturated heterocycles. The van der Waals surface area contributed by atoms with Crippen molar-refractivity contribution in [2.45, 2.75) is 0 Å². The predicted molar refractivity (Wildman–Crippen MR) is 269 cm³/mol. The van der Waals surface area contributed by atoms with Crippen LogP contribution in [0, 0.1) is 0 Å². The first-order chi connectivity index (χ1) is 31.7. The molecule has 0 heterocycles. The summed E-state index contributed by atoms with van der Waals surface area (Å²) in [6.45, 7) is 0. The fourth-order valence-corrected chi connectivity index (χ4v) is 10.2. The largest absolute Gasteiger partial charge is 0.530 e. The van der Waals surface area contributed by atoms with Crippen LogP contribution in [0.5, 0.6) is 17.2 Å². The van der Waals surface area contributed by atoms with Gasteiger partial charge in [0.15, 0.2) is 0 Å². The Hall–Kier alpha value is -7.97. The van der Waals surface area contributed by atoms with E-state index in [1.165, 1.54) is 49.5 Å². The van der Waals surface area contributed by atoms with E-state index in [2.05, 4.69) is 218 Å². The van der Waals surface area contributed by atoms with E-state index in [1.54, 1.807) is 0 Å². The van der Waals surface area contributed by atoms with Crippen molar-refractivity contribution in [1.82, 2.24) is 0 Å². The third-order valence-electron chi connectivity index (χ3n) is 12.4. The van der Waals surface area contributed by atoms with Crippen molar-refractivity contribution in [1.29, 1.82) is 0 Å². The molecule has 0 aromatic heterocycles. The zero-order chi connectivity index (χ0) is 42.4. The highest BCUT2D eigenvalue weighted by molar-refractivity contribution is 7.43. The molecule has 12 aromatic rings. The average molecular weight is 839 g/mol. The number of benzene rings is 12. The third-order valence-corrected chi connectivity index (χ3v) is 13.4. The van der Waals surface area contributed by atoms with Crippen LogP contribution in [0.25, 0.3) is 98.0 Å². The van der Waals surface area contributed by atoms with Gasteiger partial charge in [0.2, 0.25) is 0 Å². The molecule has 0 N–H and O–H groups in total. The molecular weight excluding hydrogens is 800 g/mol. The Kier molecular flexibility index (Phi) is 9.47. The lowest BCUT2D eigenvalue weighted by Crippen LogP contribution is -2.03. The topological polar surface area (TPSA) is 27.7 Å². The molecule has 0 aliphatic carbocycles. The number of fused-ring (bicyclic) bond motifs is 9. The van der Waals surface area contributed by atoms with E-state index in [1.807, 2.05) is 18.2 Å². The molecule has 0 fully saturated rings. The van der Waals surface area contributed by atoms with E-state index in [0.717, 1.165) is 48.5 Å². The molecule has 3 nitrogen and oxygen atoms in total. The third kappa shape index (κ3) is 6.93. The second-order valence-electron chi connectivity index (χ2n) is 16.2. The van der Waals surface area contributed by atoms with Gasteiger partial charge < -0.3 is 13.6 Å². The van der Waals surface area contributed by atoms with Crippen LogP contribution < -0.4 is 13.6 Å². The first-order valence-electron chi connectivity index (χ1n) is 21.6. The highest BCUT2D eigenvalue weighted by atomic mass is 31.2. The molecule has 0 spiro atoms. The van der Waals surface area contributed by atoms with Crippen molar-refractivity contribution < 1.29 is 13.6 Å². The summed E-state index contributed by atoms with van der Waals surface area (Å²) in [7, 11) is -2.05. The molecular formula is C60H39O3P. The summed E-state index contributed by atoms with van der Waals surface area (Å²) in [6.07, 6.45) is 0. The van der Waals surface area contributed by atoms with Gasteiger partial charge in [0.25, 0.3) is 0 Å². The molecule has 0 aliphatic heterocycles. The van der Waals surface area contributed by atoms with Gasteiger partial charge in [0, 0.05) is 16.2 Å². The molecule has 302 valence electrons. The van der Waals surface area contributed by atoms with Crippen LogP contribution in [0.3, 0.4) is 0 Å². The van der Waals surface area contributed by atoms with E-state index in [4.69, 9.17) is 13.6 Å². The summed E-state index contributed by atoms with van der Waals surface area (Å²) < 4.78 is 21.0. The van der Waals surface area contributed by atoms with E-state index >= 15 is 0 Å². The zero-order valence-electron chi connectivity index (χ0n) is 34.7. The van der Waals surface area contributed by atoms with Gasteiger partial charge in [0.1, 0.15) is 17.2 Å². The Morgan fingerprint density at radius 3 is 0.812 bits per heavy atom. The summed E-state index contributed by atoms with van der Waals surface area (Å²) in [4.78, 5) is 0. The lowest BCUT2D eigenvalue weighted by Gasteiger charge is -2.21. The van der Waals surface area contributed by atoms with Crippen molar-refractivity contribution in [3.63, 3.8) is 0 Å². The minimum atomic E-state index is -2.05. The predicted octanol–water partition coefficient (Wildman–Crippen LogP) is 17.4. The van der Waals surface area contributed by atoms with Gasteiger partial charge in [-0.2, -0.15) is 0 Å². The van der Waals surface area contributed by atoms with Crippen LogP contribution >= 0.6 is 8.60 Å². The molecule has 12 aromatic carbocycles. The van der Waals surface area contributed by atoms with Crippen LogP contribution in [0.4, 0.5) is 0 Å². The molecule has 64 heavy (non-hydrogen) atoms. The number of hydrogen-bond donors (Lipinski definition) is 0. The highest BCUT2D eigenvalue weighted by Gasteiger charge is 2.24. The van der Waals surface area contributed by atoms with Crippen LogP contribution in [0.1, 0.15) is 0 Å². The van der Waals surface area contributed by atoms with E-state index in [0.29, 0.717) is 17.2 Å². The molecule has 0 unspecified atom stereocenters. The molecule has 0 saturated carbocycles. The second-order valence-corrected chi connectivity index (χ2v) is 17.1. The summed E-state index contributed by atoms with van der Waals surface area (Å²) in [5.41, 5.74) is 7.13.